The third-order valence-corrected chi connectivity index (χ3v) is 10.3. The van der Waals surface area contributed by atoms with Crippen molar-refractivity contribution in [3.63, 3.8) is 0 Å². The van der Waals surface area contributed by atoms with E-state index in [1.165, 1.54) is 10.8 Å². The van der Waals surface area contributed by atoms with Gasteiger partial charge in [-0.2, -0.15) is 0 Å². The molecule has 3 aromatic rings. The Morgan fingerprint density at radius 3 is 2.38 bits per heavy atom. The minimum absolute atomic E-state index is 0.0725. The smallest absolute Gasteiger partial charge is 0.245 e. The summed E-state index contributed by atoms with van der Waals surface area (Å²) >= 11 is 0. The van der Waals surface area contributed by atoms with Gasteiger partial charge in [-0.25, -0.2) is 0 Å². The first-order valence-electron chi connectivity index (χ1n) is 14.6. The van der Waals surface area contributed by atoms with Crippen LogP contribution in [-0.4, -0.2) is 58.5 Å². The molecule has 9 heteroatoms. The Kier molecular flexibility index (Phi) is 12.3. The number of pyridine rings is 1. The molecule has 4 rings (SSSR count). The Labute approximate surface area is 257 Å². The molecule has 0 aliphatic carbocycles. The first-order valence-corrected chi connectivity index (χ1v) is 17.0. The van der Waals surface area contributed by atoms with Gasteiger partial charge in [0.2, 0.25) is 17.7 Å². The zero-order valence-corrected chi connectivity index (χ0v) is 25.9. The van der Waals surface area contributed by atoms with Gasteiger partial charge >= 0.3 is 0 Å². The molecule has 2 N–H and O–H groups in total. The van der Waals surface area contributed by atoms with Gasteiger partial charge in [-0.3, -0.25) is 19.4 Å². The number of benzene rings is 2. The number of hydrogen-bond donors (Lipinski definition) is 2. The maximum Gasteiger partial charge on any atom is 0.245 e. The highest BCUT2D eigenvalue weighted by molar-refractivity contribution is 8.76. The first-order chi connectivity index (χ1) is 20.5. The molecule has 2 heterocycles. The number of likely N-dealkylation sites (N-methyl/N-ethyl adjacent to an activating group) is 1. The first kappa shape index (κ1) is 31.6. The van der Waals surface area contributed by atoms with Crippen LogP contribution < -0.4 is 10.6 Å². The Hall–Kier alpha value is -3.30. The molecule has 0 spiro atoms. The monoisotopic (exact) mass is 604 g/mol. The number of nitrogens with zero attached hydrogens (tertiary/aromatic N) is 2. The quantitative estimate of drug-likeness (QED) is 0.255. The Balaban J connectivity index is 1.55. The molecule has 4 atom stereocenters. The van der Waals surface area contributed by atoms with Crippen LogP contribution in [0.4, 0.5) is 0 Å². The SMILES string of the molecule is CCC[C@H](SSCc1ccccn1)C(=O)N[C@H]1C[C@H](c2ccccc2)CCN([C@@H](Cc2ccccc2)C(=O)NC)C1=O. The lowest BCUT2D eigenvalue weighted by Crippen LogP contribution is -2.56. The van der Waals surface area contributed by atoms with Crippen LogP contribution in [0.3, 0.4) is 0 Å². The minimum Gasteiger partial charge on any atom is -0.357 e. The van der Waals surface area contributed by atoms with Crippen molar-refractivity contribution in [1.29, 1.82) is 0 Å². The lowest BCUT2D eigenvalue weighted by atomic mass is 9.90. The molecule has 42 heavy (non-hydrogen) atoms. The average molecular weight is 605 g/mol. The zero-order valence-electron chi connectivity index (χ0n) is 24.3. The summed E-state index contributed by atoms with van der Waals surface area (Å²) in [5.74, 6) is 0.220. The molecule has 1 aliphatic rings. The fourth-order valence-electron chi connectivity index (χ4n) is 5.32. The molecule has 1 saturated heterocycles. The van der Waals surface area contributed by atoms with Crippen molar-refractivity contribution in [2.75, 3.05) is 13.6 Å². The summed E-state index contributed by atoms with van der Waals surface area (Å²) < 4.78 is 0. The van der Waals surface area contributed by atoms with Crippen LogP contribution >= 0.6 is 21.6 Å². The summed E-state index contributed by atoms with van der Waals surface area (Å²) in [6, 6.07) is 24.3. The van der Waals surface area contributed by atoms with Crippen molar-refractivity contribution in [3.8, 4) is 0 Å². The molecule has 0 radical (unpaired) electrons. The molecule has 0 saturated carbocycles. The second-order valence-corrected chi connectivity index (χ2v) is 13.1. The second-order valence-electron chi connectivity index (χ2n) is 10.5. The van der Waals surface area contributed by atoms with Crippen LogP contribution in [0.15, 0.2) is 85.1 Å². The van der Waals surface area contributed by atoms with Crippen molar-refractivity contribution in [2.24, 2.45) is 0 Å². The molecule has 1 fully saturated rings. The van der Waals surface area contributed by atoms with E-state index in [0.29, 0.717) is 38.0 Å². The standard InChI is InChI=1S/C33H40N4O3S2/c1-3-12-30(42-41-23-27-17-10-11-19-35-27)32(39)36-28-22-26(25-15-8-5-9-16-25)18-20-37(33(28)40)29(31(38)34-2)21-24-13-6-4-7-14-24/h4-11,13-17,19,26,28-30H,3,12,18,20-23H2,1-2H3,(H,34,38)(H,36,39)/t26-,28+,29+,30+/m1/s1. The van der Waals surface area contributed by atoms with Gasteiger partial charge in [-0.15, -0.1) is 0 Å². The molecule has 3 amide bonds. The van der Waals surface area contributed by atoms with Crippen LogP contribution in [0, 0.1) is 0 Å². The van der Waals surface area contributed by atoms with Gasteiger partial charge in [0.05, 0.1) is 10.9 Å². The van der Waals surface area contributed by atoms with E-state index < -0.39 is 12.1 Å². The molecule has 1 aromatic heterocycles. The van der Waals surface area contributed by atoms with Crippen molar-refractivity contribution in [1.82, 2.24) is 20.5 Å². The van der Waals surface area contributed by atoms with E-state index in [1.807, 2.05) is 66.7 Å². The fraction of sp³-hybridized carbons (Fsp3) is 0.394. The van der Waals surface area contributed by atoms with Gasteiger partial charge in [0.1, 0.15) is 12.1 Å². The molecule has 0 unspecified atom stereocenters. The lowest BCUT2D eigenvalue weighted by Gasteiger charge is -2.32. The summed E-state index contributed by atoms with van der Waals surface area (Å²) in [6.45, 7) is 2.49. The third kappa shape index (κ3) is 8.85. The summed E-state index contributed by atoms with van der Waals surface area (Å²) in [5, 5.41) is 5.60. The van der Waals surface area contributed by atoms with Crippen molar-refractivity contribution in [3.05, 3.63) is 102 Å². The molecule has 7 nitrogen and oxygen atoms in total. The highest BCUT2D eigenvalue weighted by atomic mass is 33.1. The van der Waals surface area contributed by atoms with Crippen LogP contribution in [0.5, 0.6) is 0 Å². The Morgan fingerprint density at radius 2 is 1.71 bits per heavy atom. The molecule has 1 aliphatic heterocycles. The third-order valence-electron chi connectivity index (χ3n) is 7.56. The van der Waals surface area contributed by atoms with E-state index in [-0.39, 0.29) is 28.9 Å². The molecule has 222 valence electrons. The average Bonchev–Trinajstić information content (AvgIpc) is 3.19. The zero-order chi connectivity index (χ0) is 29.7. The van der Waals surface area contributed by atoms with Crippen molar-refractivity contribution < 1.29 is 14.4 Å². The number of amides is 3. The summed E-state index contributed by atoms with van der Waals surface area (Å²) in [6.07, 6.45) is 4.92. The minimum atomic E-state index is -0.728. The molecular formula is C33H40N4O3S2. The predicted molar refractivity (Wildman–Crippen MR) is 172 cm³/mol. The van der Waals surface area contributed by atoms with E-state index in [0.717, 1.165) is 23.2 Å². The van der Waals surface area contributed by atoms with E-state index in [2.05, 4.69) is 34.7 Å². The van der Waals surface area contributed by atoms with E-state index in [4.69, 9.17) is 0 Å². The molecule has 2 aromatic carbocycles. The summed E-state index contributed by atoms with van der Waals surface area (Å²) in [5.41, 5.74) is 3.08. The number of likely N-dealkylation sites (tertiary alicyclic amines) is 1. The normalized spacial score (nSPS) is 18.5. The van der Waals surface area contributed by atoms with Crippen molar-refractivity contribution >= 4 is 39.3 Å². The topological polar surface area (TPSA) is 91.4 Å². The van der Waals surface area contributed by atoms with Gasteiger partial charge in [0.25, 0.3) is 0 Å². The highest BCUT2D eigenvalue weighted by Gasteiger charge is 2.39. The van der Waals surface area contributed by atoms with Gasteiger partial charge < -0.3 is 15.5 Å². The van der Waals surface area contributed by atoms with Gasteiger partial charge in [0.15, 0.2) is 0 Å². The van der Waals surface area contributed by atoms with Crippen molar-refractivity contribution in [2.45, 2.75) is 68.0 Å². The van der Waals surface area contributed by atoms with E-state index >= 15 is 0 Å². The number of rotatable bonds is 13. The van der Waals surface area contributed by atoms with Crippen LogP contribution in [0.25, 0.3) is 0 Å². The van der Waals surface area contributed by atoms with Crippen LogP contribution in [0.2, 0.25) is 0 Å². The number of aromatic nitrogens is 1. The molecular weight excluding hydrogens is 565 g/mol. The summed E-state index contributed by atoms with van der Waals surface area (Å²) in [4.78, 5) is 47.1. The lowest BCUT2D eigenvalue weighted by molar-refractivity contribution is -0.142. The Morgan fingerprint density at radius 1 is 1.00 bits per heavy atom. The Bertz CT molecular complexity index is 1280. The number of nitrogens with one attached hydrogen (secondary N) is 2. The molecule has 0 bridgehead atoms. The predicted octanol–water partition coefficient (Wildman–Crippen LogP) is 5.38. The van der Waals surface area contributed by atoms with Crippen LogP contribution in [0.1, 0.15) is 55.3 Å². The maximum atomic E-state index is 14.2. The number of carbonyl (C=O) groups is 3. The summed E-state index contributed by atoms with van der Waals surface area (Å²) in [7, 11) is 4.74. The van der Waals surface area contributed by atoms with E-state index in [1.54, 1.807) is 28.9 Å². The van der Waals surface area contributed by atoms with E-state index in [9.17, 15) is 14.4 Å². The van der Waals surface area contributed by atoms with Gasteiger partial charge in [-0.05, 0) is 48.4 Å². The maximum absolute atomic E-state index is 14.2. The van der Waals surface area contributed by atoms with Gasteiger partial charge in [-0.1, -0.05) is 102 Å². The fourth-order valence-corrected chi connectivity index (χ4v) is 7.95. The number of hydrogen-bond acceptors (Lipinski definition) is 6. The number of carbonyl (C=O) groups excluding carboxylic acids is 3. The highest BCUT2D eigenvalue weighted by Crippen LogP contribution is 2.34. The second kappa shape index (κ2) is 16.4. The van der Waals surface area contributed by atoms with Crippen LogP contribution in [-0.2, 0) is 26.6 Å². The van der Waals surface area contributed by atoms with Gasteiger partial charge in [0, 0.05) is 32.0 Å². The largest absolute Gasteiger partial charge is 0.357 e.